The lowest BCUT2D eigenvalue weighted by Gasteiger charge is -2.16. The first-order chi connectivity index (χ1) is 14.6. The fourth-order valence-electron chi connectivity index (χ4n) is 2.95. The van der Waals surface area contributed by atoms with E-state index in [2.05, 4.69) is 10.6 Å². The molecule has 0 saturated carbocycles. The van der Waals surface area contributed by atoms with Crippen LogP contribution in [0.15, 0.2) is 41.3 Å². The Morgan fingerprint density at radius 2 is 1.84 bits per heavy atom. The van der Waals surface area contributed by atoms with Gasteiger partial charge in [-0.25, -0.2) is 17.9 Å². The zero-order chi connectivity index (χ0) is 23.2. The average molecular weight is 468 g/mol. The lowest BCUT2D eigenvalue weighted by Crippen LogP contribution is -2.37. The minimum Gasteiger partial charge on any atom is -0.496 e. The van der Waals surface area contributed by atoms with Gasteiger partial charge in [-0.15, -0.1) is 0 Å². The second-order valence-corrected chi connectivity index (χ2v) is 9.15. The van der Waals surface area contributed by atoms with Crippen LogP contribution in [0, 0.1) is 0 Å². The van der Waals surface area contributed by atoms with Gasteiger partial charge in [0.05, 0.1) is 17.6 Å². The summed E-state index contributed by atoms with van der Waals surface area (Å²) in [5.74, 6) is -0.0237. The molecule has 0 radical (unpaired) electrons. The van der Waals surface area contributed by atoms with E-state index >= 15 is 0 Å². The molecular formula is C21H26ClN3O5S. The van der Waals surface area contributed by atoms with Crippen molar-refractivity contribution in [2.24, 2.45) is 0 Å². The molecule has 2 rings (SSSR count). The Labute approximate surface area is 187 Å². The van der Waals surface area contributed by atoms with Gasteiger partial charge in [0.25, 0.3) is 15.9 Å². The van der Waals surface area contributed by atoms with Crippen LogP contribution in [0.4, 0.5) is 4.79 Å². The molecule has 10 heteroatoms. The van der Waals surface area contributed by atoms with Crippen molar-refractivity contribution in [3.05, 3.63) is 58.1 Å². The van der Waals surface area contributed by atoms with Gasteiger partial charge in [0.15, 0.2) is 0 Å². The molecule has 0 heterocycles. The Bertz CT molecular complexity index is 1070. The Morgan fingerprint density at radius 1 is 1.13 bits per heavy atom. The largest absolute Gasteiger partial charge is 0.496 e. The summed E-state index contributed by atoms with van der Waals surface area (Å²) >= 11 is 5.97. The number of hydrogen-bond acceptors (Lipinski definition) is 5. The van der Waals surface area contributed by atoms with E-state index in [1.807, 2.05) is 18.6 Å². The summed E-state index contributed by atoms with van der Waals surface area (Å²) in [5, 5.41) is 5.42. The summed E-state index contributed by atoms with van der Waals surface area (Å²) in [6.07, 6.45) is 0.384. The van der Waals surface area contributed by atoms with Crippen molar-refractivity contribution < 1.29 is 22.7 Å². The second kappa shape index (κ2) is 10.5. The third kappa shape index (κ3) is 6.35. The summed E-state index contributed by atoms with van der Waals surface area (Å²) < 4.78 is 32.5. The number of nitrogens with one attached hydrogen (secondary N) is 3. The predicted molar refractivity (Wildman–Crippen MR) is 119 cm³/mol. The van der Waals surface area contributed by atoms with Crippen molar-refractivity contribution in [2.75, 3.05) is 20.7 Å². The summed E-state index contributed by atoms with van der Waals surface area (Å²) in [4.78, 5) is 24.1. The van der Waals surface area contributed by atoms with E-state index < -0.39 is 16.1 Å². The molecule has 3 amide bonds. The monoisotopic (exact) mass is 467 g/mol. The van der Waals surface area contributed by atoms with E-state index in [-0.39, 0.29) is 23.3 Å². The van der Waals surface area contributed by atoms with Gasteiger partial charge < -0.3 is 15.4 Å². The highest BCUT2D eigenvalue weighted by Crippen LogP contribution is 2.25. The highest BCUT2D eigenvalue weighted by molar-refractivity contribution is 7.90. The number of sulfonamides is 1. The van der Waals surface area contributed by atoms with Crippen molar-refractivity contribution in [1.82, 2.24) is 15.4 Å². The molecule has 3 N–H and O–H groups in total. The number of amides is 3. The number of rotatable bonds is 8. The molecule has 0 unspecified atom stereocenters. The first-order valence-electron chi connectivity index (χ1n) is 9.58. The van der Waals surface area contributed by atoms with Crippen LogP contribution in [0.1, 0.15) is 41.3 Å². The van der Waals surface area contributed by atoms with E-state index in [1.54, 1.807) is 24.3 Å². The lowest BCUT2D eigenvalue weighted by atomic mass is 10.0. The molecule has 2 aromatic rings. The molecular weight excluding hydrogens is 442 g/mol. The molecule has 0 bridgehead atoms. The molecule has 0 atom stereocenters. The van der Waals surface area contributed by atoms with Gasteiger partial charge in [-0.05, 0) is 47.7 Å². The maximum absolute atomic E-state index is 12.7. The molecule has 0 fully saturated rings. The Kier molecular flexibility index (Phi) is 8.29. The van der Waals surface area contributed by atoms with E-state index in [0.717, 1.165) is 0 Å². The van der Waals surface area contributed by atoms with Crippen molar-refractivity contribution in [3.63, 3.8) is 0 Å². The maximum Gasteiger partial charge on any atom is 0.328 e. The van der Waals surface area contributed by atoms with E-state index in [0.29, 0.717) is 33.9 Å². The van der Waals surface area contributed by atoms with Gasteiger partial charge >= 0.3 is 6.03 Å². The number of carbonyl (C=O) groups excluding carboxylic acids is 2. The number of hydrogen-bond donors (Lipinski definition) is 3. The van der Waals surface area contributed by atoms with Crippen LogP contribution in [-0.4, -0.2) is 41.1 Å². The maximum atomic E-state index is 12.7. The summed E-state index contributed by atoms with van der Waals surface area (Å²) in [7, 11) is -1.25. The van der Waals surface area contributed by atoms with E-state index in [1.165, 1.54) is 26.3 Å². The van der Waals surface area contributed by atoms with Crippen LogP contribution >= 0.6 is 11.6 Å². The molecule has 0 aromatic heterocycles. The first kappa shape index (κ1) is 24.5. The van der Waals surface area contributed by atoms with Crippen LogP contribution in [-0.2, 0) is 16.4 Å². The molecule has 0 saturated heterocycles. The molecule has 0 aliphatic heterocycles. The number of urea groups is 1. The van der Waals surface area contributed by atoms with Crippen molar-refractivity contribution in [3.8, 4) is 5.75 Å². The quantitative estimate of drug-likeness (QED) is 0.552. The van der Waals surface area contributed by atoms with Gasteiger partial charge in [-0.3, -0.25) is 4.79 Å². The zero-order valence-corrected chi connectivity index (χ0v) is 19.4. The normalized spacial score (nSPS) is 11.2. The highest BCUT2D eigenvalue weighted by Gasteiger charge is 2.23. The van der Waals surface area contributed by atoms with Crippen LogP contribution < -0.4 is 20.1 Å². The topological polar surface area (TPSA) is 114 Å². The molecule has 31 heavy (non-hydrogen) atoms. The van der Waals surface area contributed by atoms with E-state index in [9.17, 15) is 18.0 Å². The lowest BCUT2D eigenvalue weighted by molar-refractivity contribution is 0.0951. The standard InChI is InChI=1S/C21H26ClN3O5S/c1-13(2)16-7-5-14(11-19(16)31(28,29)25-21(27)23-3)9-10-24-20(26)17-12-15(22)6-8-18(17)30-4/h5-8,11-13H,9-10H2,1-4H3,(H,24,26)(H2,23,25,27). The third-order valence-electron chi connectivity index (χ3n) is 4.55. The smallest absolute Gasteiger partial charge is 0.328 e. The Morgan fingerprint density at radius 3 is 2.45 bits per heavy atom. The minimum absolute atomic E-state index is 0.0337. The van der Waals surface area contributed by atoms with Gasteiger partial charge in [-0.1, -0.05) is 37.6 Å². The van der Waals surface area contributed by atoms with Gasteiger partial charge in [0.2, 0.25) is 0 Å². The van der Waals surface area contributed by atoms with Crippen LogP contribution in [0.25, 0.3) is 0 Å². The SMILES string of the molecule is CNC(=O)NS(=O)(=O)c1cc(CCNC(=O)c2cc(Cl)ccc2OC)ccc1C(C)C. The fraction of sp³-hybridized carbons (Fsp3) is 0.333. The molecule has 0 spiro atoms. The number of ether oxygens (including phenoxy) is 1. The summed E-state index contributed by atoms with van der Waals surface area (Å²) in [6, 6.07) is 8.99. The molecule has 0 aliphatic carbocycles. The van der Waals surface area contributed by atoms with Crippen LogP contribution in [0.5, 0.6) is 5.75 Å². The number of halogens is 1. The average Bonchev–Trinajstić information content (AvgIpc) is 2.73. The molecule has 0 aliphatic rings. The Hall–Kier alpha value is -2.78. The predicted octanol–water partition coefficient (Wildman–Crippen LogP) is 3.06. The number of benzene rings is 2. The Balaban J connectivity index is 2.18. The van der Waals surface area contributed by atoms with E-state index in [4.69, 9.17) is 16.3 Å². The van der Waals surface area contributed by atoms with Gasteiger partial charge in [0, 0.05) is 18.6 Å². The molecule has 8 nitrogen and oxygen atoms in total. The minimum atomic E-state index is -4.05. The summed E-state index contributed by atoms with van der Waals surface area (Å²) in [6.45, 7) is 4.00. The van der Waals surface area contributed by atoms with Crippen molar-refractivity contribution >= 4 is 33.6 Å². The van der Waals surface area contributed by atoms with Gasteiger partial charge in [-0.2, -0.15) is 0 Å². The van der Waals surface area contributed by atoms with Crippen LogP contribution in [0.2, 0.25) is 5.02 Å². The molecule has 2 aromatic carbocycles. The van der Waals surface area contributed by atoms with Crippen molar-refractivity contribution in [1.29, 1.82) is 0 Å². The number of methoxy groups -OCH3 is 1. The molecule has 168 valence electrons. The first-order valence-corrected chi connectivity index (χ1v) is 11.4. The van der Waals surface area contributed by atoms with Crippen LogP contribution in [0.3, 0.4) is 0 Å². The zero-order valence-electron chi connectivity index (χ0n) is 17.8. The second-order valence-electron chi connectivity index (χ2n) is 7.06. The van der Waals surface area contributed by atoms with Crippen molar-refractivity contribution in [2.45, 2.75) is 31.1 Å². The van der Waals surface area contributed by atoms with Gasteiger partial charge in [0.1, 0.15) is 5.75 Å². The number of carbonyl (C=O) groups is 2. The third-order valence-corrected chi connectivity index (χ3v) is 6.17. The fourth-order valence-corrected chi connectivity index (χ4v) is 4.49. The highest BCUT2D eigenvalue weighted by atomic mass is 35.5. The summed E-state index contributed by atoms with van der Waals surface area (Å²) in [5.41, 5.74) is 1.59.